The van der Waals surface area contributed by atoms with Gasteiger partial charge in [0.25, 0.3) is 0 Å². The standard InChI is InChI=1S/C16H15N3O.ClH/c1-12(13-7-3-2-4-8-13)11-16(20)19-15-10-6-5-9-14(15)17-18-19;/h2-10,12H,11H2,1H3;1H. The number of carbonyl (C=O) groups is 1. The van der Waals surface area contributed by atoms with Gasteiger partial charge in [0, 0.05) is 6.42 Å². The molecule has 0 spiro atoms. The summed E-state index contributed by atoms with van der Waals surface area (Å²) >= 11 is 0. The van der Waals surface area contributed by atoms with Crippen molar-refractivity contribution in [1.82, 2.24) is 15.0 Å². The normalized spacial score (nSPS) is 11.9. The van der Waals surface area contributed by atoms with E-state index >= 15 is 0 Å². The van der Waals surface area contributed by atoms with Crippen LogP contribution in [-0.4, -0.2) is 20.9 Å². The van der Waals surface area contributed by atoms with Crippen LogP contribution < -0.4 is 0 Å². The monoisotopic (exact) mass is 301 g/mol. The molecule has 108 valence electrons. The number of hydrogen-bond donors (Lipinski definition) is 0. The van der Waals surface area contributed by atoms with E-state index in [4.69, 9.17) is 0 Å². The Labute approximate surface area is 129 Å². The van der Waals surface area contributed by atoms with Gasteiger partial charge in [-0.05, 0) is 23.6 Å². The number of benzene rings is 2. The van der Waals surface area contributed by atoms with Crippen LogP contribution >= 0.6 is 12.4 Å². The Morgan fingerprint density at radius 2 is 1.76 bits per heavy atom. The van der Waals surface area contributed by atoms with Gasteiger partial charge in [0.2, 0.25) is 5.91 Å². The van der Waals surface area contributed by atoms with Crippen molar-refractivity contribution in [3.8, 4) is 0 Å². The van der Waals surface area contributed by atoms with Gasteiger partial charge in [0.1, 0.15) is 5.52 Å². The van der Waals surface area contributed by atoms with Crippen LogP contribution in [0.25, 0.3) is 11.0 Å². The van der Waals surface area contributed by atoms with Crippen molar-refractivity contribution in [3.63, 3.8) is 0 Å². The highest BCUT2D eigenvalue weighted by molar-refractivity contribution is 5.89. The molecule has 0 bridgehead atoms. The molecule has 0 aliphatic carbocycles. The molecule has 0 aliphatic heterocycles. The van der Waals surface area contributed by atoms with Crippen LogP contribution in [-0.2, 0) is 0 Å². The van der Waals surface area contributed by atoms with Crippen LogP contribution in [0, 0.1) is 0 Å². The van der Waals surface area contributed by atoms with Crippen molar-refractivity contribution < 1.29 is 4.79 Å². The molecule has 0 saturated carbocycles. The Kier molecular flexibility index (Phi) is 4.70. The zero-order chi connectivity index (χ0) is 13.9. The fourth-order valence-corrected chi connectivity index (χ4v) is 2.30. The van der Waals surface area contributed by atoms with Gasteiger partial charge in [-0.25, -0.2) is 0 Å². The van der Waals surface area contributed by atoms with Crippen LogP contribution in [0.5, 0.6) is 0 Å². The average molecular weight is 302 g/mol. The minimum atomic E-state index is -0.0324. The number of para-hydroxylation sites is 1. The smallest absolute Gasteiger partial charge is 0.249 e. The average Bonchev–Trinajstić information content (AvgIpc) is 2.92. The van der Waals surface area contributed by atoms with Crippen LogP contribution in [0.1, 0.15) is 29.6 Å². The summed E-state index contributed by atoms with van der Waals surface area (Å²) < 4.78 is 1.40. The summed E-state index contributed by atoms with van der Waals surface area (Å²) in [6.45, 7) is 2.05. The number of nitrogens with zero attached hydrogens (tertiary/aromatic N) is 3. The quantitative estimate of drug-likeness (QED) is 0.741. The zero-order valence-corrected chi connectivity index (χ0v) is 12.5. The molecule has 3 rings (SSSR count). The van der Waals surface area contributed by atoms with Gasteiger partial charge in [-0.1, -0.05) is 54.6 Å². The third-order valence-electron chi connectivity index (χ3n) is 3.44. The minimum Gasteiger partial charge on any atom is -0.272 e. The first-order valence-corrected chi connectivity index (χ1v) is 6.64. The van der Waals surface area contributed by atoms with E-state index in [2.05, 4.69) is 10.3 Å². The molecule has 1 atom stereocenters. The van der Waals surface area contributed by atoms with Crippen molar-refractivity contribution in [2.45, 2.75) is 19.3 Å². The van der Waals surface area contributed by atoms with Gasteiger partial charge >= 0.3 is 0 Å². The molecule has 21 heavy (non-hydrogen) atoms. The second kappa shape index (κ2) is 6.50. The second-order valence-electron chi connectivity index (χ2n) is 4.90. The number of aromatic nitrogens is 3. The van der Waals surface area contributed by atoms with Crippen molar-refractivity contribution in [3.05, 3.63) is 60.2 Å². The molecular weight excluding hydrogens is 286 g/mol. The van der Waals surface area contributed by atoms with Crippen LogP contribution in [0.4, 0.5) is 0 Å². The van der Waals surface area contributed by atoms with Crippen molar-refractivity contribution in [2.24, 2.45) is 0 Å². The van der Waals surface area contributed by atoms with Crippen LogP contribution in [0.3, 0.4) is 0 Å². The molecule has 4 nitrogen and oxygen atoms in total. The lowest BCUT2D eigenvalue weighted by Crippen LogP contribution is -2.15. The third-order valence-corrected chi connectivity index (χ3v) is 3.44. The van der Waals surface area contributed by atoms with E-state index in [0.29, 0.717) is 6.42 Å². The summed E-state index contributed by atoms with van der Waals surface area (Å²) in [7, 11) is 0. The van der Waals surface area contributed by atoms with E-state index in [0.717, 1.165) is 16.6 Å². The number of rotatable bonds is 3. The maximum atomic E-state index is 12.4. The Balaban J connectivity index is 0.00000161. The highest BCUT2D eigenvalue weighted by Crippen LogP contribution is 2.20. The molecule has 0 aliphatic rings. The summed E-state index contributed by atoms with van der Waals surface area (Å²) in [5.74, 6) is 0.127. The number of hydrogen-bond acceptors (Lipinski definition) is 3. The van der Waals surface area contributed by atoms with Gasteiger partial charge < -0.3 is 0 Å². The lowest BCUT2D eigenvalue weighted by Gasteiger charge is -2.10. The maximum absolute atomic E-state index is 12.4. The van der Waals surface area contributed by atoms with E-state index in [9.17, 15) is 4.79 Å². The van der Waals surface area contributed by atoms with E-state index in [1.165, 1.54) is 4.68 Å². The molecule has 1 aromatic heterocycles. The molecular formula is C16H16ClN3O. The van der Waals surface area contributed by atoms with Gasteiger partial charge in [-0.2, -0.15) is 4.68 Å². The lowest BCUT2D eigenvalue weighted by molar-refractivity contribution is 0.0882. The first-order valence-electron chi connectivity index (χ1n) is 6.64. The predicted molar refractivity (Wildman–Crippen MR) is 84.9 cm³/mol. The largest absolute Gasteiger partial charge is 0.272 e. The SMILES string of the molecule is CC(CC(=O)n1nnc2ccccc21)c1ccccc1.Cl. The molecule has 1 heterocycles. The second-order valence-corrected chi connectivity index (χ2v) is 4.90. The van der Waals surface area contributed by atoms with Crippen molar-refractivity contribution in [2.75, 3.05) is 0 Å². The van der Waals surface area contributed by atoms with E-state index < -0.39 is 0 Å². The fraction of sp³-hybridized carbons (Fsp3) is 0.188. The van der Waals surface area contributed by atoms with Gasteiger partial charge in [0.15, 0.2) is 0 Å². The molecule has 3 aromatic rings. The molecule has 0 amide bonds. The molecule has 1 unspecified atom stereocenters. The fourth-order valence-electron chi connectivity index (χ4n) is 2.30. The number of fused-ring (bicyclic) bond motifs is 1. The third kappa shape index (κ3) is 3.11. The van der Waals surface area contributed by atoms with Crippen molar-refractivity contribution in [1.29, 1.82) is 0 Å². The Bertz CT molecular complexity index is 739. The maximum Gasteiger partial charge on any atom is 0.249 e. The Hall–Kier alpha value is -2.20. The summed E-state index contributed by atoms with van der Waals surface area (Å²) in [6.07, 6.45) is 0.414. The van der Waals surface area contributed by atoms with E-state index in [1.54, 1.807) is 0 Å². The summed E-state index contributed by atoms with van der Waals surface area (Å²) in [5, 5.41) is 7.97. The van der Waals surface area contributed by atoms with E-state index in [-0.39, 0.29) is 24.2 Å². The first-order chi connectivity index (χ1) is 9.75. The molecule has 2 aromatic carbocycles. The van der Waals surface area contributed by atoms with Crippen LogP contribution in [0.2, 0.25) is 0 Å². The zero-order valence-electron chi connectivity index (χ0n) is 11.6. The first kappa shape index (κ1) is 15.2. The topological polar surface area (TPSA) is 47.8 Å². The summed E-state index contributed by atoms with van der Waals surface area (Å²) in [6, 6.07) is 17.5. The molecule has 0 saturated heterocycles. The molecule has 0 radical (unpaired) electrons. The van der Waals surface area contributed by atoms with Gasteiger partial charge in [-0.15, -0.1) is 17.5 Å². The summed E-state index contributed by atoms with van der Waals surface area (Å²) in [5.41, 5.74) is 2.66. The van der Waals surface area contributed by atoms with Gasteiger partial charge in [0.05, 0.1) is 5.52 Å². The molecule has 5 heteroatoms. The lowest BCUT2D eigenvalue weighted by atomic mass is 9.98. The molecule has 0 fully saturated rings. The van der Waals surface area contributed by atoms with Gasteiger partial charge in [-0.3, -0.25) is 4.79 Å². The van der Waals surface area contributed by atoms with Crippen LogP contribution in [0.15, 0.2) is 54.6 Å². The van der Waals surface area contributed by atoms with E-state index in [1.807, 2.05) is 61.5 Å². The predicted octanol–water partition coefficient (Wildman–Crippen LogP) is 3.69. The molecule has 0 N–H and O–H groups in total. The minimum absolute atomic E-state index is 0. The Morgan fingerprint density at radius 1 is 1.10 bits per heavy atom. The summed E-state index contributed by atoms with van der Waals surface area (Å²) in [4.78, 5) is 12.4. The highest BCUT2D eigenvalue weighted by Gasteiger charge is 2.16. The Morgan fingerprint density at radius 3 is 2.52 bits per heavy atom. The number of halogens is 1. The number of carbonyl (C=O) groups excluding carboxylic acids is 1. The highest BCUT2D eigenvalue weighted by atomic mass is 35.5. The van der Waals surface area contributed by atoms with Crippen molar-refractivity contribution >= 4 is 29.3 Å².